The van der Waals surface area contributed by atoms with Crippen LogP contribution in [0.2, 0.25) is 0 Å². The van der Waals surface area contributed by atoms with Gasteiger partial charge in [0.25, 0.3) is 0 Å². The molecule has 0 radical (unpaired) electrons. The van der Waals surface area contributed by atoms with Gasteiger partial charge in [-0.2, -0.15) is 0 Å². The Labute approximate surface area is 610 Å². The van der Waals surface area contributed by atoms with Crippen molar-refractivity contribution in [2.75, 3.05) is 21.3 Å². The Morgan fingerprint density at radius 2 is 0.544 bits per heavy atom. The molecule has 90 heavy (non-hydrogen) atoms. The maximum Gasteiger partial charge on any atom is 1.00 e. The fourth-order valence-corrected chi connectivity index (χ4v) is 13.0. The van der Waals surface area contributed by atoms with E-state index in [4.69, 9.17) is 0 Å². The summed E-state index contributed by atoms with van der Waals surface area (Å²) in [6, 6.07) is 35.1. The number of aryl methyl sites for hydroxylation is 4. The summed E-state index contributed by atoms with van der Waals surface area (Å²) in [5.74, 6) is -2.21. The van der Waals surface area contributed by atoms with Crippen molar-refractivity contribution in [1.82, 2.24) is 0 Å². The third-order valence-electron chi connectivity index (χ3n) is 14.3. The first-order valence-electron chi connectivity index (χ1n) is 26.7. The normalized spacial score (nSPS) is 12.4. The summed E-state index contributed by atoms with van der Waals surface area (Å²) < 4.78 is 145. The van der Waals surface area contributed by atoms with Crippen LogP contribution in [-0.4, -0.2) is 75.0 Å². The van der Waals surface area contributed by atoms with E-state index >= 15 is 0 Å². The number of hydrogen-bond acceptors (Lipinski definition) is 20. The number of fused-ring (bicyclic) bond motifs is 4. The molecule has 0 saturated heterocycles. The first-order chi connectivity index (χ1) is 40.6. The number of carbonyl (C=O) groups excluding carboxylic acids is 4. The van der Waals surface area contributed by atoms with E-state index in [0.717, 1.165) is 25.7 Å². The molecule has 4 N–H and O–H groups in total. The van der Waals surface area contributed by atoms with Crippen molar-refractivity contribution in [3.8, 4) is 0 Å². The zero-order valence-corrected chi connectivity index (χ0v) is 61.5. The van der Waals surface area contributed by atoms with Gasteiger partial charge in [-0.15, -0.1) is 0 Å². The molecule has 0 spiro atoms. The van der Waals surface area contributed by atoms with E-state index < -0.39 is 83.2 Å². The first kappa shape index (κ1) is 76.0. The van der Waals surface area contributed by atoms with Crippen LogP contribution in [0.5, 0.6) is 0 Å². The van der Waals surface area contributed by atoms with Gasteiger partial charge in [0.1, 0.15) is 40.5 Å². The molecule has 0 fully saturated rings. The molecule has 10 rings (SSSR count). The molecule has 0 aliphatic heterocycles. The Morgan fingerprint density at radius 1 is 0.322 bits per heavy atom. The summed E-state index contributed by atoms with van der Waals surface area (Å²) in [5, 5.41) is 11.4. The Balaban J connectivity index is 0.000000316. The Bertz CT molecular complexity index is 4360. The number of anilines is 8. The van der Waals surface area contributed by atoms with Gasteiger partial charge in [0, 0.05) is 22.3 Å². The second kappa shape index (κ2) is 31.0. The number of rotatable bonds is 18. The van der Waals surface area contributed by atoms with Crippen molar-refractivity contribution in [1.29, 1.82) is 0 Å². The van der Waals surface area contributed by atoms with E-state index in [1.54, 1.807) is 62.4 Å². The maximum atomic E-state index is 13.9. The van der Waals surface area contributed by atoms with Gasteiger partial charge < -0.3 is 39.5 Å². The fraction of sp³-hybridized carbons (Fsp3) is 0.161. The Morgan fingerprint density at radius 3 is 0.778 bits per heavy atom. The van der Waals surface area contributed by atoms with Crippen LogP contribution in [-0.2, 0) is 53.3 Å². The quantitative estimate of drug-likeness (QED) is 0.0581. The number of unbranched alkanes of at least 4 members (excludes halogenated alkanes) is 2. The number of ketones is 4. The standard InChI is InChI=1S/C34H34N2O8S2.C28H22N2O8S2.4Na/c1-3-5-9-21-13-15-25(29(19-21)45(39,40)41)35-27-17-18-28(32-31(27)33(37)23-11-7-8-12-24(23)34(32)38)36-26-16-14-22(10-6-4-2)20-30(26)46(42,43)44;1-15-7-9-19(23(13-15)39(33,34)35)29-21-11-12-22(30-20-10-8-16(2)14-24(20)40(36,37)38)26-25(21)27(31)17-5-3-4-6-18(17)28(26)32;;;;/h7-8,11-20,35-36H,3-6,9-10H2,1-2H3,(H,39,40,41)(H,42,43,44);3-14,29-30H,1-2H3,(H,33,34,35)(H,36,37,38);;;;/q;;4*+1/p-4. The second-order valence-corrected chi connectivity index (χ2v) is 25.8. The van der Waals surface area contributed by atoms with Gasteiger partial charge in [-0.25, -0.2) is 33.7 Å². The number of hydrogen-bond donors (Lipinski definition) is 4. The van der Waals surface area contributed by atoms with Crippen LogP contribution in [0.1, 0.15) is 125 Å². The molecular weight excluding hydrogens is 1280 g/mol. The van der Waals surface area contributed by atoms with Crippen LogP contribution in [0.4, 0.5) is 45.5 Å². The third-order valence-corrected chi connectivity index (χ3v) is 17.8. The van der Waals surface area contributed by atoms with Gasteiger partial charge in [-0.1, -0.05) is 99.5 Å². The molecule has 0 saturated carbocycles. The van der Waals surface area contributed by atoms with Gasteiger partial charge in [-0.05, 0) is 135 Å². The molecule has 0 amide bonds. The van der Waals surface area contributed by atoms with E-state index in [0.29, 0.717) is 35.1 Å². The van der Waals surface area contributed by atoms with Crippen LogP contribution in [0, 0.1) is 13.8 Å². The molecule has 20 nitrogen and oxygen atoms in total. The second-order valence-electron chi connectivity index (χ2n) is 20.4. The topological polar surface area (TPSA) is 345 Å². The molecule has 8 aromatic rings. The number of benzene rings is 8. The van der Waals surface area contributed by atoms with Crippen molar-refractivity contribution >= 4 is 109 Å². The maximum absolute atomic E-state index is 13.9. The molecule has 444 valence electrons. The summed E-state index contributed by atoms with van der Waals surface area (Å²) in [5.41, 5.74) is 2.24. The summed E-state index contributed by atoms with van der Waals surface area (Å²) in [4.78, 5) is 53.3. The van der Waals surface area contributed by atoms with Gasteiger partial charge in [0.2, 0.25) is 0 Å². The van der Waals surface area contributed by atoms with E-state index in [2.05, 4.69) is 21.3 Å². The third kappa shape index (κ3) is 16.8. The SMILES string of the molecule is CCCCc1ccc(Nc2ccc(Nc3ccc(CCCC)cc3S(=O)(=O)[O-])c3c2C(=O)c2ccccc2C3=O)c(S(=O)(=O)[O-])c1.Cc1ccc(Nc2ccc(Nc3ccc(C)cc3S(=O)(=O)[O-])c3c2C(=O)c2ccccc2C3=O)c(S(=O)(=O)[O-])c1.[Na+].[Na+].[Na+].[Na+]. The Hall–Kier alpha value is -4.72. The largest absolute Gasteiger partial charge is 1.00 e. The molecule has 8 aromatic carbocycles. The van der Waals surface area contributed by atoms with Crippen LogP contribution >= 0.6 is 0 Å². The summed E-state index contributed by atoms with van der Waals surface area (Å²) in [6.45, 7) is 7.20. The van der Waals surface area contributed by atoms with E-state index in [1.165, 1.54) is 97.1 Å². The zero-order chi connectivity index (χ0) is 62.2. The minimum atomic E-state index is -4.94. The number of carbonyl (C=O) groups is 4. The van der Waals surface area contributed by atoms with Crippen LogP contribution < -0.4 is 139 Å². The molecular formula is C62H52N4Na4O16S4. The minimum Gasteiger partial charge on any atom is -0.744 e. The zero-order valence-electron chi connectivity index (χ0n) is 50.3. The molecule has 0 unspecified atom stereocenters. The van der Waals surface area contributed by atoms with E-state index in [9.17, 15) is 71.1 Å². The first-order valence-corrected chi connectivity index (χ1v) is 32.3. The van der Waals surface area contributed by atoms with Crippen LogP contribution in [0.15, 0.2) is 165 Å². The molecule has 0 aromatic heterocycles. The molecule has 0 bridgehead atoms. The average Bonchev–Trinajstić information content (AvgIpc) is 0.769. The monoisotopic (exact) mass is 1330 g/mol. The molecule has 2 aliphatic rings. The molecule has 2 aliphatic carbocycles. The number of nitrogens with one attached hydrogen (secondary N) is 4. The van der Waals surface area contributed by atoms with Gasteiger partial charge in [0.15, 0.2) is 23.1 Å². The molecule has 28 heteroatoms. The van der Waals surface area contributed by atoms with Crippen molar-refractivity contribution < 1.29 is 189 Å². The van der Waals surface area contributed by atoms with Gasteiger partial charge in [0.05, 0.1) is 87.3 Å². The van der Waals surface area contributed by atoms with Crippen molar-refractivity contribution in [2.24, 2.45) is 0 Å². The van der Waals surface area contributed by atoms with Crippen molar-refractivity contribution in [3.63, 3.8) is 0 Å². The van der Waals surface area contributed by atoms with Gasteiger partial charge in [-0.3, -0.25) is 19.2 Å². The summed E-state index contributed by atoms with van der Waals surface area (Å²) in [6.07, 6.45) is 4.46. The minimum absolute atomic E-state index is 0. The fourth-order valence-electron chi connectivity index (χ4n) is 10.1. The summed E-state index contributed by atoms with van der Waals surface area (Å²) >= 11 is 0. The van der Waals surface area contributed by atoms with Crippen LogP contribution in [0.25, 0.3) is 0 Å². The van der Waals surface area contributed by atoms with Gasteiger partial charge >= 0.3 is 118 Å². The average molecular weight is 1330 g/mol. The summed E-state index contributed by atoms with van der Waals surface area (Å²) in [7, 11) is -19.7. The van der Waals surface area contributed by atoms with Crippen LogP contribution in [0.3, 0.4) is 0 Å². The van der Waals surface area contributed by atoms with E-state index in [-0.39, 0.29) is 208 Å². The predicted molar refractivity (Wildman–Crippen MR) is 317 cm³/mol. The smallest absolute Gasteiger partial charge is 0.744 e. The van der Waals surface area contributed by atoms with Crippen molar-refractivity contribution in [2.45, 2.75) is 85.8 Å². The molecule has 0 heterocycles. The van der Waals surface area contributed by atoms with Crippen molar-refractivity contribution in [3.05, 3.63) is 212 Å². The predicted octanol–water partition coefficient (Wildman–Crippen LogP) is -1.17. The van der Waals surface area contributed by atoms with E-state index in [1.807, 2.05) is 13.8 Å². The Kier molecular flexibility index (Phi) is 26.2. The molecule has 0 atom stereocenters.